The zero-order valence-corrected chi connectivity index (χ0v) is 22.1. The fraction of sp³-hybridized carbons (Fsp3) is 0.103. The quantitative estimate of drug-likeness (QED) is 0.182. The van der Waals surface area contributed by atoms with Crippen molar-refractivity contribution in [1.82, 2.24) is 30.3 Å². The van der Waals surface area contributed by atoms with E-state index in [2.05, 4.69) is 25.5 Å². The summed E-state index contributed by atoms with van der Waals surface area (Å²) in [5.41, 5.74) is 5.23. The van der Waals surface area contributed by atoms with E-state index in [1.54, 1.807) is 31.4 Å². The Morgan fingerprint density at radius 2 is 1.52 bits per heavy atom. The Morgan fingerprint density at radius 3 is 2.27 bits per heavy atom. The highest BCUT2D eigenvalue weighted by atomic mass is 32.1. The van der Waals surface area contributed by atoms with E-state index in [9.17, 15) is 4.79 Å². The van der Waals surface area contributed by atoms with Crippen molar-refractivity contribution in [2.75, 3.05) is 20.3 Å². The minimum absolute atomic E-state index is 0.276. The van der Waals surface area contributed by atoms with Gasteiger partial charge >= 0.3 is 5.97 Å². The van der Waals surface area contributed by atoms with Crippen LogP contribution >= 0.6 is 11.3 Å². The molecular weight excluding hydrogens is 528 g/mol. The molecule has 0 saturated heterocycles. The lowest BCUT2D eigenvalue weighted by molar-refractivity contribution is 0.0408. The van der Waals surface area contributed by atoms with E-state index < -0.39 is 5.97 Å². The van der Waals surface area contributed by atoms with Crippen molar-refractivity contribution in [2.45, 2.75) is 0 Å². The summed E-state index contributed by atoms with van der Waals surface area (Å²) >= 11 is 1.42. The topological polar surface area (TPSA) is 114 Å². The molecule has 0 aliphatic carbocycles. The molecule has 0 amide bonds. The Morgan fingerprint density at radius 1 is 0.800 bits per heavy atom. The molecule has 6 aromatic rings. The number of ether oxygens (including phenoxy) is 2. The number of fused-ring (bicyclic) bond motifs is 1. The first kappa shape index (κ1) is 25.3. The molecule has 198 valence electrons. The number of pyridine rings is 1. The van der Waals surface area contributed by atoms with Crippen molar-refractivity contribution in [2.24, 2.45) is 0 Å². The lowest BCUT2D eigenvalue weighted by Gasteiger charge is -2.07. The second-order valence-electron chi connectivity index (χ2n) is 8.62. The largest absolute Gasteiger partial charge is 0.491 e. The van der Waals surface area contributed by atoms with Gasteiger partial charge in [-0.3, -0.25) is 4.98 Å². The predicted octanol–water partition coefficient (Wildman–Crippen LogP) is 4.97. The van der Waals surface area contributed by atoms with E-state index in [0.717, 1.165) is 32.3 Å². The third kappa shape index (κ3) is 5.41. The summed E-state index contributed by atoms with van der Waals surface area (Å²) in [6.45, 7) is 1.07. The maximum atomic E-state index is 12.6. The average molecular weight is 551 g/mol. The fourth-order valence-electron chi connectivity index (χ4n) is 3.92. The van der Waals surface area contributed by atoms with Crippen LogP contribution in [0.2, 0.25) is 0 Å². The SMILES string of the molecule is COCCOc1ccc(-c2ccc(-c3nnc(-c4ccc(C(=O)On5nnc6ccccc65)cn4)s3)cc2)cc1. The van der Waals surface area contributed by atoms with Gasteiger partial charge in [-0.05, 0) is 52.7 Å². The van der Waals surface area contributed by atoms with E-state index in [1.807, 2.05) is 60.7 Å². The van der Waals surface area contributed by atoms with Gasteiger partial charge in [0, 0.05) is 18.9 Å². The minimum atomic E-state index is -0.596. The number of rotatable bonds is 9. The third-order valence-electron chi connectivity index (χ3n) is 6.01. The van der Waals surface area contributed by atoms with Gasteiger partial charge in [-0.1, -0.05) is 64.7 Å². The molecule has 0 aliphatic rings. The molecule has 0 spiro atoms. The van der Waals surface area contributed by atoms with Gasteiger partial charge in [0.25, 0.3) is 0 Å². The molecule has 3 heterocycles. The van der Waals surface area contributed by atoms with Gasteiger partial charge in [0.15, 0.2) is 5.01 Å². The monoisotopic (exact) mass is 550 g/mol. The van der Waals surface area contributed by atoms with E-state index in [4.69, 9.17) is 14.3 Å². The number of nitrogens with zero attached hydrogens (tertiary/aromatic N) is 6. The number of aromatic nitrogens is 6. The maximum absolute atomic E-state index is 12.6. The second-order valence-corrected chi connectivity index (χ2v) is 9.59. The molecule has 0 bridgehead atoms. The van der Waals surface area contributed by atoms with Crippen LogP contribution in [0, 0.1) is 0 Å². The van der Waals surface area contributed by atoms with Gasteiger partial charge in [0.05, 0.1) is 12.2 Å². The molecule has 0 unspecified atom stereocenters. The number of hydrogen-bond donors (Lipinski definition) is 0. The smallest absolute Gasteiger partial charge is 0.367 e. The van der Waals surface area contributed by atoms with Gasteiger partial charge in [0.1, 0.15) is 34.1 Å². The number of methoxy groups -OCH3 is 1. The van der Waals surface area contributed by atoms with Crippen LogP contribution in [0.15, 0.2) is 91.1 Å². The molecule has 0 atom stereocenters. The lowest BCUT2D eigenvalue weighted by atomic mass is 10.0. The predicted molar refractivity (Wildman–Crippen MR) is 150 cm³/mol. The van der Waals surface area contributed by atoms with E-state index >= 15 is 0 Å². The molecule has 3 aromatic heterocycles. The Labute approximate surface area is 232 Å². The van der Waals surface area contributed by atoms with Crippen LogP contribution in [0.4, 0.5) is 0 Å². The Hall–Kier alpha value is -5.00. The fourth-order valence-corrected chi connectivity index (χ4v) is 4.75. The van der Waals surface area contributed by atoms with Crippen molar-refractivity contribution >= 4 is 28.3 Å². The molecule has 11 heteroatoms. The number of carbonyl (C=O) groups excluding carboxylic acids is 1. The molecule has 0 N–H and O–H groups in total. The zero-order chi connectivity index (χ0) is 27.3. The van der Waals surface area contributed by atoms with Crippen LogP contribution in [0.25, 0.3) is 43.4 Å². The van der Waals surface area contributed by atoms with Gasteiger partial charge in [-0.15, -0.1) is 15.3 Å². The first-order valence-corrected chi connectivity index (χ1v) is 13.2. The molecule has 0 radical (unpaired) electrons. The van der Waals surface area contributed by atoms with Crippen molar-refractivity contribution < 1.29 is 19.1 Å². The highest BCUT2D eigenvalue weighted by molar-refractivity contribution is 7.17. The second kappa shape index (κ2) is 11.4. The summed E-state index contributed by atoms with van der Waals surface area (Å²) in [5, 5.41) is 17.9. The minimum Gasteiger partial charge on any atom is -0.491 e. The summed E-state index contributed by atoms with van der Waals surface area (Å²) in [5.74, 6) is 0.210. The van der Waals surface area contributed by atoms with Crippen molar-refractivity contribution in [3.63, 3.8) is 0 Å². The van der Waals surface area contributed by atoms with Crippen LogP contribution in [-0.4, -0.2) is 56.6 Å². The number of hydrogen-bond acceptors (Lipinski definition) is 10. The summed E-state index contributed by atoms with van der Waals surface area (Å²) in [6, 6.07) is 26.6. The van der Waals surface area contributed by atoms with Crippen LogP contribution in [0.1, 0.15) is 10.4 Å². The van der Waals surface area contributed by atoms with Gasteiger partial charge in [0.2, 0.25) is 0 Å². The third-order valence-corrected chi connectivity index (χ3v) is 7.00. The first-order chi connectivity index (χ1) is 19.7. The highest BCUT2D eigenvalue weighted by Crippen LogP contribution is 2.31. The summed E-state index contributed by atoms with van der Waals surface area (Å²) in [7, 11) is 1.65. The van der Waals surface area contributed by atoms with Gasteiger partial charge in [-0.25, -0.2) is 4.79 Å². The Balaban J connectivity index is 1.11. The Kier molecular flexibility index (Phi) is 7.20. The van der Waals surface area contributed by atoms with Crippen LogP contribution in [-0.2, 0) is 4.74 Å². The van der Waals surface area contributed by atoms with Crippen molar-refractivity contribution in [3.8, 4) is 38.1 Å². The average Bonchev–Trinajstić information content (AvgIpc) is 3.66. The molecule has 0 aliphatic heterocycles. The van der Waals surface area contributed by atoms with Gasteiger partial charge < -0.3 is 14.3 Å². The van der Waals surface area contributed by atoms with Crippen LogP contribution in [0.5, 0.6) is 5.75 Å². The number of carbonyl (C=O) groups is 1. The molecule has 6 rings (SSSR count). The Bertz CT molecular complexity index is 1750. The summed E-state index contributed by atoms with van der Waals surface area (Å²) < 4.78 is 10.6. The van der Waals surface area contributed by atoms with Crippen LogP contribution < -0.4 is 9.57 Å². The normalized spacial score (nSPS) is 11.0. The van der Waals surface area contributed by atoms with E-state index in [0.29, 0.717) is 34.9 Å². The summed E-state index contributed by atoms with van der Waals surface area (Å²) in [6.07, 6.45) is 1.44. The van der Waals surface area contributed by atoms with Crippen LogP contribution in [0.3, 0.4) is 0 Å². The van der Waals surface area contributed by atoms with Crippen molar-refractivity contribution in [1.29, 1.82) is 0 Å². The lowest BCUT2D eigenvalue weighted by Crippen LogP contribution is -2.21. The molecule has 10 nitrogen and oxygen atoms in total. The maximum Gasteiger partial charge on any atom is 0.367 e. The zero-order valence-electron chi connectivity index (χ0n) is 21.3. The van der Waals surface area contributed by atoms with Crippen molar-refractivity contribution in [3.05, 3.63) is 96.7 Å². The number of benzene rings is 3. The van der Waals surface area contributed by atoms with E-state index in [1.165, 1.54) is 17.5 Å². The first-order valence-electron chi connectivity index (χ1n) is 12.3. The van der Waals surface area contributed by atoms with E-state index in [-0.39, 0.29) is 5.56 Å². The molecular formula is C29H22N6O4S. The molecule has 0 saturated carbocycles. The summed E-state index contributed by atoms with van der Waals surface area (Å²) in [4.78, 5) is 23.5. The van der Waals surface area contributed by atoms with Gasteiger partial charge in [-0.2, -0.15) is 0 Å². The molecule has 0 fully saturated rings. The standard InChI is InChI=1S/C29H22N6O4S/c1-37-16-17-38-23-13-10-20(11-14-23)19-6-8-21(9-7-19)27-32-33-28(40-27)25-15-12-22(18-30-25)29(36)39-35-26-5-3-2-4-24(26)31-34-35/h2-15,18H,16-17H2,1H3. The number of para-hydroxylation sites is 1. The molecule has 3 aromatic carbocycles. The molecule has 40 heavy (non-hydrogen) atoms. The highest BCUT2D eigenvalue weighted by Gasteiger charge is 2.15.